The molecule has 0 bridgehead atoms. The van der Waals surface area contributed by atoms with Gasteiger partial charge in [0.1, 0.15) is 57.9 Å². The van der Waals surface area contributed by atoms with E-state index < -0.39 is 6.10 Å². The number of ether oxygens (including phenoxy) is 4. The number of aliphatic hydroxyl groups excluding tert-OH is 2. The van der Waals surface area contributed by atoms with E-state index in [0.717, 1.165) is 112 Å². The van der Waals surface area contributed by atoms with Crippen LogP contribution in [0.15, 0.2) is 255 Å². The first-order valence-electron chi connectivity index (χ1n) is 46.5. The summed E-state index contributed by atoms with van der Waals surface area (Å²) in [5, 5.41) is 34.1. The number of ketones is 1. The number of carbonyl (C=O) groups excluding carboxylic acids is 9. The Morgan fingerprint density at radius 3 is 1.16 bits per heavy atom. The summed E-state index contributed by atoms with van der Waals surface area (Å²) in [7, 11) is 3.10. The van der Waals surface area contributed by atoms with Crippen LogP contribution in [0.5, 0.6) is 28.7 Å². The number of para-hydroxylation sites is 7. The number of primary amides is 1. The minimum atomic E-state index is -0.449. The van der Waals surface area contributed by atoms with E-state index in [1.54, 1.807) is 49.5 Å². The number of nitrogens with two attached hydrogens (primary N) is 3. The molecule has 11 aromatic rings. The van der Waals surface area contributed by atoms with Crippen LogP contribution in [0.1, 0.15) is 226 Å². The van der Waals surface area contributed by atoms with Crippen molar-refractivity contribution in [2.24, 2.45) is 17.2 Å². The van der Waals surface area contributed by atoms with Crippen molar-refractivity contribution in [3.63, 3.8) is 0 Å². The van der Waals surface area contributed by atoms with Crippen LogP contribution in [-0.4, -0.2) is 133 Å². The molecule has 750 valence electrons. The fraction of sp³-hybridized carbons (Fsp3) is 0.394. The van der Waals surface area contributed by atoms with E-state index in [1.807, 2.05) is 259 Å². The van der Waals surface area contributed by atoms with E-state index in [1.165, 1.54) is 77.7 Å². The first-order valence-corrected chi connectivity index (χ1v) is 46.5. The van der Waals surface area contributed by atoms with Gasteiger partial charge in [0.25, 0.3) is 5.91 Å². The molecule has 3 atom stereocenters. The quantitative estimate of drug-likeness (QED) is 0.0551. The summed E-state index contributed by atoms with van der Waals surface area (Å²) in [5.74, 6) is 4.12. The van der Waals surface area contributed by atoms with Crippen molar-refractivity contribution in [2.75, 3.05) is 33.8 Å². The number of nitrogens with one attached hydrogen (secondary N) is 2. The second-order valence-corrected chi connectivity index (χ2v) is 25.9. The Bertz CT molecular complexity index is 4940. The number of amides is 3. The third kappa shape index (κ3) is 58.2. The Kier molecular flexibility index (Phi) is 96.5. The van der Waals surface area contributed by atoms with E-state index in [4.69, 9.17) is 73.1 Å². The number of carbonyl (C=O) groups is 3. The molecule has 0 saturated carbocycles. The number of hydrogen-bond donors (Lipinski definition) is 9. The first-order chi connectivity index (χ1) is 65.3. The Morgan fingerprint density at radius 1 is 0.453 bits per heavy atom. The van der Waals surface area contributed by atoms with Gasteiger partial charge in [0.15, 0.2) is 40.1 Å². The van der Waals surface area contributed by atoms with Gasteiger partial charge in [-0.3, -0.25) is 19.2 Å². The predicted molar refractivity (Wildman–Crippen MR) is 554 cm³/mol. The molecule has 4 aliphatic heterocycles. The third-order valence-electron chi connectivity index (χ3n) is 18.0. The van der Waals surface area contributed by atoms with Crippen molar-refractivity contribution in [3.05, 3.63) is 313 Å². The van der Waals surface area contributed by atoms with E-state index in [-0.39, 0.29) is 121 Å². The molecule has 0 saturated heterocycles. The van der Waals surface area contributed by atoms with Gasteiger partial charge in [-0.15, -0.1) is 0 Å². The summed E-state index contributed by atoms with van der Waals surface area (Å²) in [5.41, 5.74) is 27.3. The Morgan fingerprint density at radius 2 is 0.788 bits per heavy atom. The Balaban J connectivity index is -0.000000187. The molecule has 137 heavy (non-hydrogen) atoms. The largest absolute Gasteiger partial charge is 1.00 e. The number of rotatable bonds is 6. The van der Waals surface area contributed by atoms with Crippen LogP contribution >= 0.6 is 0 Å². The maximum absolute atomic E-state index is 11.5. The molecule has 2 aromatic heterocycles. The number of Topliss-reactive ketones (excluding diaryl/α,β-unsaturated/α-hetero) is 1. The van der Waals surface area contributed by atoms with E-state index in [2.05, 4.69) is 64.9 Å². The molecule has 3 amide bonds. The summed E-state index contributed by atoms with van der Waals surface area (Å²) in [4.78, 5) is 104. The van der Waals surface area contributed by atoms with Gasteiger partial charge in [0.05, 0.1) is 48.0 Å². The zero-order valence-electron chi connectivity index (χ0n) is 85.9. The minimum Gasteiger partial charge on any atom is -1.00 e. The SMILES string of the molecule is CC.CC.CC.CC.CC.CC.CC.CC.CC.CC(=O)c1ccccc1O.CCc1cc(=O)c2ccccc2o1.CN.CNC(=O)NCC1CCc2ccccc2O1.N.NC(=O)C1CCc2ccccc2O1.NCC1CCc2ccccc2O1.O=C=O.O=C=O.O=C=O.O=c1ccoc2ccccc12.OC1Cc2ccccc2C1.OC1Cc2ccccc2C1.[AlH3].[H-].[Li+].c1ccc2c(c1)CCCO2. The molecule has 28 heteroatoms. The maximum Gasteiger partial charge on any atom is 1.00 e. The standard InChI is InChI=1S/C12H16N2O2.C11H10O2.C10H11NO2.C10H13NO.C9H6O2.3C9H10O.C8H8O2.9C2H6.CH5N.3CO2.Al.Li.H3N.4H/c1-13-12(15)14-8-10-7-6-9-4-2-3-5-11(9)16-10;1-2-8-7-10(12)9-5-3-4-6-11(9)13-8;11-10(12)9-6-5-7-3-1-2-4-8(7)13-9;11-7-9-6-5-8-3-1-2-4-10(8)12-9;10-8-5-6-11-9-4-2-1-3-7(8)9;1-2-6-9-8(4-1)5-3-7-10-9;2*10-9-5-7-3-1-2-4-8(7)6-9;1-6(9)7-4-2-3-5-8(7)10;10*1-2;3*2-1-3;;;;;;;/h2-5,10H,6-8H2,1H3,(H2,13,14,15);3-7H,2H2,1H3;1-4,9H,5-6H2,(H2,11,12);1-4,9H,5-7,11H2;1-6H;1-2,4,6H,3,5,7H2;2*1-4,9-10H,5-6H2;2-5,10H,1H3;9*1-2H3;2H2,1H3;;;;;;1H3;;;;/q;;;;;;;;;;;;;;;;;;;;;;;+1;;;;;-1. The molecule has 6 heterocycles. The van der Waals surface area contributed by atoms with Gasteiger partial charge in [-0.2, -0.15) is 28.8 Å². The number of hydrogen-bond acceptors (Lipinski definition) is 23. The summed E-state index contributed by atoms with van der Waals surface area (Å²) >= 11 is 0. The smallest absolute Gasteiger partial charge is 1.00 e. The van der Waals surface area contributed by atoms with Crippen molar-refractivity contribution in [3.8, 4) is 28.7 Å². The molecule has 14 N–H and O–H groups in total. The zero-order chi connectivity index (χ0) is 102. The predicted octanol–water partition coefficient (Wildman–Crippen LogP) is 16.7. The summed E-state index contributed by atoms with van der Waals surface area (Å²) < 4.78 is 32.9. The molecule has 17 rings (SSSR count). The van der Waals surface area contributed by atoms with Crippen molar-refractivity contribution >= 4 is 75.5 Å². The fourth-order valence-electron chi connectivity index (χ4n) is 12.4. The van der Waals surface area contributed by atoms with Crippen LogP contribution in [0.3, 0.4) is 0 Å². The van der Waals surface area contributed by atoms with Gasteiger partial charge < -0.3 is 78.5 Å². The zero-order valence-corrected chi connectivity index (χ0v) is 84.9. The van der Waals surface area contributed by atoms with Crippen molar-refractivity contribution in [1.82, 2.24) is 16.8 Å². The maximum atomic E-state index is 11.5. The fourth-order valence-corrected chi connectivity index (χ4v) is 12.4. The average Bonchev–Trinajstić information content (AvgIpc) is 0.975. The number of phenolic OH excluding ortho intramolecular Hbond substituents is 1. The third-order valence-corrected chi connectivity index (χ3v) is 18.0. The van der Waals surface area contributed by atoms with Gasteiger partial charge in [-0.25, -0.2) is 4.79 Å². The minimum absolute atomic E-state index is 0. The number of benzene rings is 9. The number of aromatic hydroxyl groups is 1. The van der Waals surface area contributed by atoms with Crippen LogP contribution in [0.2, 0.25) is 0 Å². The molecular weight excluding hydrogens is 1750 g/mol. The molecule has 0 fully saturated rings. The second kappa shape index (κ2) is 94.2. The van der Waals surface area contributed by atoms with E-state index in [9.17, 15) is 34.2 Å². The van der Waals surface area contributed by atoms with Crippen molar-refractivity contribution in [2.45, 2.75) is 252 Å². The topological polar surface area (TPSA) is 449 Å². The van der Waals surface area contributed by atoms with E-state index in [0.29, 0.717) is 47.0 Å². The summed E-state index contributed by atoms with van der Waals surface area (Å²) in [6, 6.07) is 72.4. The van der Waals surface area contributed by atoms with E-state index >= 15 is 0 Å². The van der Waals surface area contributed by atoms with Gasteiger partial charge >= 0.3 is 43.3 Å². The summed E-state index contributed by atoms with van der Waals surface area (Å²) in [6.07, 6.45) is 13.9. The van der Waals surface area contributed by atoms with Gasteiger partial charge in [0, 0.05) is 32.1 Å². The molecule has 26 nitrogen and oxygen atoms in total. The van der Waals surface area contributed by atoms with Gasteiger partial charge in [-0.05, 0) is 196 Å². The molecule has 0 radical (unpaired) electrons. The van der Waals surface area contributed by atoms with Crippen LogP contribution in [0.4, 0.5) is 4.79 Å². The number of urea groups is 1. The van der Waals surface area contributed by atoms with Crippen LogP contribution in [-0.2, 0) is 91.3 Å². The van der Waals surface area contributed by atoms with Crippen LogP contribution < -0.4 is 82.7 Å². The first kappa shape index (κ1) is 140. The number of aryl methyl sites for hydroxylation is 5. The van der Waals surface area contributed by atoms with Gasteiger partial charge in [0.2, 0.25) is 0 Å². The summed E-state index contributed by atoms with van der Waals surface area (Å²) in [6.45, 7) is 41.4. The van der Waals surface area contributed by atoms with Gasteiger partial charge in [-0.1, -0.05) is 289 Å². The van der Waals surface area contributed by atoms with Crippen molar-refractivity contribution < 1.29 is 107 Å². The number of phenols is 1. The number of aliphatic hydroxyl groups is 2. The number of fused-ring (bicyclic) bond motifs is 8. The average molecular weight is 1910 g/mol. The van der Waals surface area contributed by atoms with Crippen molar-refractivity contribution in [1.29, 1.82) is 0 Å². The normalized spacial score (nSPS) is 12.7. The molecule has 6 aliphatic rings. The molecule has 0 spiro atoms. The molecule has 9 aromatic carbocycles. The Labute approximate surface area is 838 Å². The molecule has 3 unspecified atom stereocenters. The molecule has 2 aliphatic carbocycles. The second-order valence-electron chi connectivity index (χ2n) is 25.9. The van der Waals surface area contributed by atoms with Crippen LogP contribution in [0, 0.1) is 0 Å². The monoisotopic (exact) mass is 1910 g/mol. The Hall–Kier alpha value is -12.1. The van der Waals surface area contributed by atoms with Crippen LogP contribution in [0.25, 0.3) is 21.9 Å². The molecular formula is C109H160AlLiN6O20.